The van der Waals surface area contributed by atoms with Gasteiger partial charge in [-0.2, -0.15) is 0 Å². The zero-order valence-corrected chi connectivity index (χ0v) is 42.6. The maximum atomic E-state index is 11.4. The van der Waals surface area contributed by atoms with E-state index < -0.39 is 0 Å². The normalized spacial score (nSPS) is 11.1. The fourth-order valence-electron chi connectivity index (χ4n) is 10.3. The molecule has 0 atom stereocenters. The maximum absolute atomic E-state index is 11.4. The largest absolute Gasteiger partial charge is 0.508 e. The molecule has 0 spiro atoms. The summed E-state index contributed by atoms with van der Waals surface area (Å²) in [5.74, 6) is -0.335. The Morgan fingerprint density at radius 2 is 0.465 bits per heavy atom. The molecule has 0 unspecified atom stereocenters. The van der Waals surface area contributed by atoms with Gasteiger partial charge in [-0.25, -0.2) is 0 Å². The lowest BCUT2D eigenvalue weighted by Crippen LogP contribution is -2.55. The lowest BCUT2D eigenvalue weighted by atomic mass is 9.60. The van der Waals surface area contributed by atoms with Gasteiger partial charge in [0.05, 0.1) is 0 Å². The lowest BCUT2D eigenvalue weighted by Gasteiger charge is -2.27. The van der Waals surface area contributed by atoms with Crippen LogP contribution in [0.1, 0.15) is 0 Å². The van der Waals surface area contributed by atoms with Crippen molar-refractivity contribution in [3.63, 3.8) is 0 Å². The monoisotopic (exact) mass is 912 g/mol. The number of hydrogen-bond acceptors (Lipinski definition) is 6. The molecule has 0 saturated carbocycles. The molecule has 4 N–H and O–H groups in total. The average molecular weight is 911 g/mol. The summed E-state index contributed by atoms with van der Waals surface area (Å²) in [4.78, 5) is 4.48. The molecule has 0 aromatic heterocycles. The van der Waals surface area contributed by atoms with E-state index in [2.05, 4.69) is 194 Å². The predicted molar refractivity (Wildman–Crippen MR) is 334 cm³/mol. The SMILES string of the molecule is Bc1c(B)c(B)c(-c2ccc(N(c3ccccc3)c3ccc(-c4ccc(N(c5ccc(-c6c(B)c(B)c(B)c(B)c6O)cc5)c5ccc(-c6c(B)c(O)c(O)c(B)c6O)cc5)cc4)cc3)cc2)c(B)c1B. The van der Waals surface area contributed by atoms with Gasteiger partial charge in [0.25, 0.3) is 0 Å². The topological polar surface area (TPSA) is 87.4 Å². The van der Waals surface area contributed by atoms with Gasteiger partial charge in [0.15, 0.2) is 11.5 Å². The van der Waals surface area contributed by atoms with Gasteiger partial charge in [-0.05, 0) is 117 Å². The number of nitrogens with zero attached hydrogens (tertiary/aromatic N) is 2. The highest BCUT2D eigenvalue weighted by Crippen LogP contribution is 2.41. The molecule has 9 aromatic rings. The van der Waals surface area contributed by atoms with Crippen LogP contribution in [-0.2, 0) is 0 Å². The molecule has 0 aliphatic carbocycles. The number of phenols is 4. The van der Waals surface area contributed by atoms with Crippen LogP contribution in [-0.4, -0.2) is 107 Å². The first-order valence-electron chi connectivity index (χ1n) is 24.3. The van der Waals surface area contributed by atoms with E-state index in [0.29, 0.717) is 22.3 Å². The Kier molecular flexibility index (Phi) is 13.2. The highest BCUT2D eigenvalue weighted by atomic mass is 16.3. The third kappa shape index (κ3) is 8.66. The second-order valence-corrected chi connectivity index (χ2v) is 19.1. The molecule has 334 valence electrons. The molecule has 0 saturated heterocycles. The van der Waals surface area contributed by atoms with Crippen molar-refractivity contribution in [2.24, 2.45) is 0 Å². The molecule has 17 heteroatoms. The van der Waals surface area contributed by atoms with Gasteiger partial charge in [0.2, 0.25) is 0 Å². The summed E-state index contributed by atoms with van der Waals surface area (Å²) in [6, 6.07) is 52.9. The molecular weight excluding hydrogens is 860 g/mol. The second kappa shape index (κ2) is 19.4. The highest BCUT2D eigenvalue weighted by molar-refractivity contribution is 6.69. The molecule has 0 aliphatic heterocycles. The van der Waals surface area contributed by atoms with E-state index in [1.165, 1.54) is 43.9 Å². The van der Waals surface area contributed by atoms with Crippen molar-refractivity contribution in [2.45, 2.75) is 0 Å². The molecule has 9 aromatic carbocycles. The van der Waals surface area contributed by atoms with Crippen molar-refractivity contribution < 1.29 is 20.4 Å². The van der Waals surface area contributed by atoms with Gasteiger partial charge in [0, 0.05) is 45.3 Å². The summed E-state index contributed by atoms with van der Waals surface area (Å²) in [7, 11) is 22.6. The lowest BCUT2D eigenvalue weighted by molar-refractivity contribution is 0.405. The molecule has 0 bridgehead atoms. The summed E-state index contributed by atoms with van der Waals surface area (Å²) in [5, 5.41) is 43.6. The molecular formula is C54H51B11N2O4. The molecule has 71 heavy (non-hydrogen) atoms. The van der Waals surface area contributed by atoms with Crippen LogP contribution in [0.3, 0.4) is 0 Å². The van der Waals surface area contributed by atoms with Gasteiger partial charge < -0.3 is 30.2 Å². The summed E-state index contributed by atoms with van der Waals surface area (Å²) in [5.41, 5.74) is 25.1. The Morgan fingerprint density at radius 1 is 0.211 bits per heavy atom. The first kappa shape index (κ1) is 48.5. The number of phenolic OH excluding ortho intramolecular Hbond substituents is 4. The number of hydrogen-bond donors (Lipinski definition) is 4. The zero-order valence-electron chi connectivity index (χ0n) is 42.6. The summed E-state index contributed by atoms with van der Waals surface area (Å²) < 4.78 is 0. The Bertz CT molecular complexity index is 3310. The van der Waals surface area contributed by atoms with Gasteiger partial charge in [-0.1, -0.05) is 106 Å². The second-order valence-electron chi connectivity index (χ2n) is 19.1. The van der Waals surface area contributed by atoms with Crippen molar-refractivity contribution in [2.75, 3.05) is 9.80 Å². The number of aromatic hydroxyl groups is 4. The van der Waals surface area contributed by atoms with E-state index in [4.69, 9.17) is 0 Å². The van der Waals surface area contributed by atoms with Gasteiger partial charge in [-0.3, -0.25) is 0 Å². The van der Waals surface area contributed by atoms with Crippen LogP contribution >= 0.6 is 0 Å². The summed E-state index contributed by atoms with van der Waals surface area (Å²) in [6.07, 6.45) is 0. The van der Waals surface area contributed by atoms with Crippen molar-refractivity contribution >= 4 is 181 Å². The van der Waals surface area contributed by atoms with Crippen LogP contribution in [0.4, 0.5) is 34.1 Å². The average Bonchev–Trinajstić information content (AvgIpc) is 3.39. The standard InChI is InChI=1S/C54H51B11N2O4/c55-40-37(41(56)45(60)47(62)44(40)59)28-10-20-34(21-11-28)66(31-4-2-1-3-5-31)32-16-6-26(7-17-32)27-8-18-33(19-9-27)67(35-22-12-29(13-23-35)38-42(57)46(61)48(63)49(64)51(38)68)36-24-14-30(15-25-36)39-43(58)53(70)54(71)50(65)52(39)69/h1-25,68-71H,55-65H2. The van der Waals surface area contributed by atoms with Crippen molar-refractivity contribution in [3.05, 3.63) is 152 Å². The predicted octanol–water partition coefficient (Wildman–Crippen LogP) is -5.04. The minimum atomic E-state index is -0.321. The number of benzene rings is 9. The van der Waals surface area contributed by atoms with Crippen LogP contribution in [0, 0.1) is 0 Å². The van der Waals surface area contributed by atoms with Crippen LogP contribution in [0.2, 0.25) is 0 Å². The summed E-state index contributed by atoms with van der Waals surface area (Å²) in [6.45, 7) is 0. The van der Waals surface area contributed by atoms with E-state index in [1.54, 1.807) is 15.7 Å². The van der Waals surface area contributed by atoms with Gasteiger partial charge in [0.1, 0.15) is 97.8 Å². The van der Waals surface area contributed by atoms with Crippen LogP contribution in [0.15, 0.2) is 152 Å². The van der Waals surface area contributed by atoms with Gasteiger partial charge >= 0.3 is 0 Å². The first-order chi connectivity index (χ1) is 34.0. The number of rotatable bonds is 10. The molecule has 9 rings (SSSR count). The quantitative estimate of drug-likeness (QED) is 0.0626. The fourth-order valence-corrected chi connectivity index (χ4v) is 10.3. The fraction of sp³-hybridized carbons (Fsp3) is 0. The number of para-hydroxylation sites is 1. The molecule has 6 nitrogen and oxygen atoms in total. The first-order valence-corrected chi connectivity index (χ1v) is 24.3. The Hall–Kier alpha value is -7.51. The van der Waals surface area contributed by atoms with Crippen molar-refractivity contribution in [1.82, 2.24) is 0 Å². The zero-order chi connectivity index (χ0) is 50.6. The minimum absolute atomic E-state index is 0.0719. The van der Waals surface area contributed by atoms with E-state index in [0.717, 1.165) is 72.8 Å². The van der Waals surface area contributed by atoms with Crippen LogP contribution < -0.4 is 69.9 Å². The van der Waals surface area contributed by atoms with Crippen LogP contribution in [0.25, 0.3) is 44.5 Å². The molecule has 0 heterocycles. The Morgan fingerprint density at radius 3 is 0.845 bits per heavy atom. The Balaban J connectivity index is 1.06. The third-order valence-corrected chi connectivity index (χ3v) is 15.4. The maximum Gasteiger partial charge on any atom is 0.153 e. The molecule has 0 aliphatic rings. The van der Waals surface area contributed by atoms with E-state index in [9.17, 15) is 20.4 Å². The minimum Gasteiger partial charge on any atom is -0.508 e. The van der Waals surface area contributed by atoms with E-state index in [1.807, 2.05) is 38.2 Å². The molecule has 0 amide bonds. The number of anilines is 6. The van der Waals surface area contributed by atoms with E-state index >= 15 is 0 Å². The van der Waals surface area contributed by atoms with Crippen molar-refractivity contribution in [1.29, 1.82) is 0 Å². The van der Waals surface area contributed by atoms with Crippen molar-refractivity contribution in [3.8, 4) is 67.5 Å². The van der Waals surface area contributed by atoms with Crippen LogP contribution in [0.5, 0.6) is 23.0 Å². The van der Waals surface area contributed by atoms with E-state index in [-0.39, 0.29) is 22.7 Å². The smallest absolute Gasteiger partial charge is 0.153 e. The Labute approximate surface area is 427 Å². The summed E-state index contributed by atoms with van der Waals surface area (Å²) >= 11 is 0. The molecule has 0 radical (unpaired) electrons. The van der Waals surface area contributed by atoms with Gasteiger partial charge in [-0.15, -0.1) is 21.9 Å². The molecule has 0 fully saturated rings. The third-order valence-electron chi connectivity index (χ3n) is 15.4. The highest BCUT2D eigenvalue weighted by Gasteiger charge is 2.22.